The van der Waals surface area contributed by atoms with E-state index in [1.54, 1.807) is 17.0 Å². The summed E-state index contributed by atoms with van der Waals surface area (Å²) in [5, 5.41) is 18.7. The fourth-order valence-electron chi connectivity index (χ4n) is 4.93. The predicted octanol–water partition coefficient (Wildman–Crippen LogP) is 4.41. The summed E-state index contributed by atoms with van der Waals surface area (Å²) in [6.45, 7) is 9.13. The van der Waals surface area contributed by atoms with Crippen molar-refractivity contribution in [2.75, 3.05) is 26.2 Å². The molecule has 5 rings (SSSR count). The lowest BCUT2D eigenvalue weighted by molar-refractivity contribution is 0.0748. The molecule has 0 bridgehead atoms. The Morgan fingerprint density at radius 2 is 1.91 bits per heavy atom. The minimum Gasteiger partial charge on any atom is -0.507 e. The van der Waals surface area contributed by atoms with Gasteiger partial charge in [-0.1, -0.05) is 26.3 Å². The van der Waals surface area contributed by atoms with Gasteiger partial charge in [-0.3, -0.25) is 14.8 Å². The lowest BCUT2D eigenvalue weighted by Gasteiger charge is -2.26. The lowest BCUT2D eigenvalue weighted by atomic mass is 10.0. The van der Waals surface area contributed by atoms with Crippen LogP contribution in [0.4, 0.5) is 0 Å². The second-order valence-corrected chi connectivity index (χ2v) is 9.52. The maximum atomic E-state index is 13.3. The molecule has 7 heteroatoms. The zero-order valence-electron chi connectivity index (χ0n) is 19.4. The third-order valence-corrected chi connectivity index (χ3v) is 6.80. The first-order valence-corrected chi connectivity index (χ1v) is 12.0. The number of benzene rings is 2. The SMILES string of the molecule is CC(C)c1n[nH]c2cc(O)c(C(=O)N3Cc4ccc(OCCN5CCCCC5)cc4C3)cc12. The van der Waals surface area contributed by atoms with E-state index in [1.807, 2.05) is 6.07 Å². The van der Waals surface area contributed by atoms with Crippen LogP contribution in [0, 0.1) is 0 Å². The van der Waals surface area contributed by atoms with E-state index in [0.29, 0.717) is 25.3 Å². The number of nitrogens with one attached hydrogen (secondary N) is 1. The zero-order valence-corrected chi connectivity index (χ0v) is 19.4. The summed E-state index contributed by atoms with van der Waals surface area (Å²) in [6.07, 6.45) is 3.90. The molecule has 0 radical (unpaired) electrons. The number of aromatic amines is 1. The van der Waals surface area contributed by atoms with E-state index in [0.717, 1.165) is 40.0 Å². The van der Waals surface area contributed by atoms with Crippen LogP contribution in [-0.2, 0) is 13.1 Å². The van der Waals surface area contributed by atoms with Crippen LogP contribution in [0.3, 0.4) is 0 Å². The number of carbonyl (C=O) groups is 1. The van der Waals surface area contributed by atoms with Crippen LogP contribution in [0.2, 0.25) is 0 Å². The number of phenolic OH excluding ortho intramolecular Hbond substituents is 1. The van der Waals surface area contributed by atoms with E-state index in [4.69, 9.17) is 4.74 Å². The van der Waals surface area contributed by atoms with E-state index >= 15 is 0 Å². The van der Waals surface area contributed by atoms with Crippen LogP contribution in [0.1, 0.15) is 66.2 Å². The number of nitrogens with zero attached hydrogens (tertiary/aromatic N) is 3. The quantitative estimate of drug-likeness (QED) is 0.584. The molecule has 0 atom stereocenters. The van der Waals surface area contributed by atoms with Crippen molar-refractivity contribution < 1.29 is 14.6 Å². The largest absolute Gasteiger partial charge is 0.507 e. The maximum absolute atomic E-state index is 13.3. The van der Waals surface area contributed by atoms with Gasteiger partial charge in [0.15, 0.2) is 0 Å². The highest BCUT2D eigenvalue weighted by molar-refractivity contribution is 6.01. The molecule has 0 saturated carbocycles. The zero-order chi connectivity index (χ0) is 22.9. The molecule has 2 aromatic carbocycles. The van der Waals surface area contributed by atoms with E-state index in [2.05, 4.69) is 41.1 Å². The lowest BCUT2D eigenvalue weighted by Crippen LogP contribution is -2.33. The number of hydrogen-bond acceptors (Lipinski definition) is 5. The molecule has 3 aromatic rings. The van der Waals surface area contributed by atoms with Gasteiger partial charge in [0.25, 0.3) is 5.91 Å². The second kappa shape index (κ2) is 9.06. The molecule has 0 unspecified atom stereocenters. The van der Waals surface area contributed by atoms with Crippen LogP contribution >= 0.6 is 0 Å². The van der Waals surface area contributed by atoms with Crippen LogP contribution in [0.25, 0.3) is 10.9 Å². The first kappa shape index (κ1) is 21.8. The summed E-state index contributed by atoms with van der Waals surface area (Å²) < 4.78 is 6.01. The first-order chi connectivity index (χ1) is 16.0. The van der Waals surface area contributed by atoms with Crippen LogP contribution in [0.5, 0.6) is 11.5 Å². The Morgan fingerprint density at radius 1 is 1.12 bits per heavy atom. The van der Waals surface area contributed by atoms with Crippen LogP contribution in [0.15, 0.2) is 30.3 Å². The highest BCUT2D eigenvalue weighted by Gasteiger charge is 2.27. The summed E-state index contributed by atoms with van der Waals surface area (Å²) in [5.41, 5.74) is 4.18. The number of fused-ring (bicyclic) bond motifs is 2. The fraction of sp³-hybridized carbons (Fsp3) is 0.462. The Balaban J connectivity index is 1.27. The van der Waals surface area contributed by atoms with E-state index in [-0.39, 0.29) is 17.6 Å². The molecule has 174 valence electrons. The van der Waals surface area contributed by atoms with Crippen molar-refractivity contribution in [1.82, 2.24) is 20.0 Å². The molecule has 2 N–H and O–H groups in total. The number of carbonyl (C=O) groups excluding carboxylic acids is 1. The summed E-state index contributed by atoms with van der Waals surface area (Å²) in [4.78, 5) is 17.6. The molecule has 33 heavy (non-hydrogen) atoms. The monoisotopic (exact) mass is 448 g/mol. The van der Waals surface area contributed by atoms with Crippen molar-refractivity contribution in [2.24, 2.45) is 0 Å². The van der Waals surface area contributed by atoms with Gasteiger partial charge in [-0.25, -0.2) is 0 Å². The van der Waals surface area contributed by atoms with Gasteiger partial charge >= 0.3 is 0 Å². The molecule has 2 aliphatic rings. The van der Waals surface area contributed by atoms with Crippen molar-refractivity contribution in [3.8, 4) is 11.5 Å². The highest BCUT2D eigenvalue weighted by Crippen LogP contribution is 2.33. The smallest absolute Gasteiger partial charge is 0.258 e. The third kappa shape index (κ3) is 4.42. The summed E-state index contributed by atoms with van der Waals surface area (Å²) in [7, 11) is 0. The summed E-state index contributed by atoms with van der Waals surface area (Å²) in [6, 6.07) is 9.46. The van der Waals surface area contributed by atoms with Crippen molar-refractivity contribution in [2.45, 2.75) is 52.1 Å². The molecule has 1 aromatic heterocycles. The van der Waals surface area contributed by atoms with Crippen molar-refractivity contribution >= 4 is 16.8 Å². The fourth-order valence-corrected chi connectivity index (χ4v) is 4.93. The van der Waals surface area contributed by atoms with E-state index < -0.39 is 0 Å². The van der Waals surface area contributed by atoms with Crippen LogP contribution < -0.4 is 4.74 Å². The number of aromatic hydroxyl groups is 1. The normalized spacial score (nSPS) is 16.5. The Hall–Kier alpha value is -3.06. The number of ether oxygens (including phenoxy) is 1. The molecular weight excluding hydrogens is 416 g/mol. The number of aromatic nitrogens is 2. The highest BCUT2D eigenvalue weighted by atomic mass is 16.5. The van der Waals surface area contributed by atoms with E-state index in [1.165, 1.54) is 32.4 Å². The van der Waals surface area contributed by atoms with Gasteiger partial charge in [-0.15, -0.1) is 0 Å². The number of likely N-dealkylation sites (tertiary alicyclic amines) is 1. The molecule has 3 heterocycles. The Bertz CT molecular complexity index is 1160. The molecule has 7 nitrogen and oxygen atoms in total. The van der Waals surface area contributed by atoms with Gasteiger partial charge in [-0.2, -0.15) is 5.10 Å². The minimum atomic E-state index is -0.172. The molecule has 0 spiro atoms. The summed E-state index contributed by atoms with van der Waals surface area (Å²) >= 11 is 0. The Labute approximate surface area is 194 Å². The average Bonchev–Trinajstić information content (AvgIpc) is 3.42. The number of hydrogen-bond donors (Lipinski definition) is 2. The number of phenols is 1. The number of rotatable bonds is 6. The molecular formula is C26H32N4O3. The Kier molecular flexibility index (Phi) is 5.98. The van der Waals surface area contributed by atoms with E-state index in [9.17, 15) is 9.90 Å². The van der Waals surface area contributed by atoms with Gasteiger partial charge < -0.3 is 14.7 Å². The number of H-pyrrole nitrogens is 1. The van der Waals surface area contributed by atoms with Gasteiger partial charge in [0.2, 0.25) is 0 Å². The predicted molar refractivity (Wildman–Crippen MR) is 128 cm³/mol. The maximum Gasteiger partial charge on any atom is 0.258 e. The van der Waals surface area contributed by atoms with Gasteiger partial charge in [0.1, 0.15) is 18.1 Å². The molecule has 1 amide bonds. The standard InChI is InChI=1S/C26H32N4O3/c1-17(2)25-21-13-22(24(31)14-23(21)27-28-25)26(32)30-15-18-6-7-20(12-19(18)16-30)33-11-10-29-8-4-3-5-9-29/h6-7,12-14,17,31H,3-5,8-11,15-16H2,1-2H3,(H,27,28). The van der Waals surface area contributed by atoms with Gasteiger partial charge in [0, 0.05) is 31.1 Å². The topological polar surface area (TPSA) is 81.7 Å². The molecule has 2 aliphatic heterocycles. The van der Waals surface area contributed by atoms with Crippen molar-refractivity contribution in [3.63, 3.8) is 0 Å². The van der Waals surface area contributed by atoms with Crippen molar-refractivity contribution in [3.05, 3.63) is 52.7 Å². The number of amides is 1. The molecule has 1 fully saturated rings. The molecule has 0 aliphatic carbocycles. The average molecular weight is 449 g/mol. The third-order valence-electron chi connectivity index (χ3n) is 6.80. The molecule has 1 saturated heterocycles. The first-order valence-electron chi connectivity index (χ1n) is 12.0. The summed E-state index contributed by atoms with van der Waals surface area (Å²) in [5.74, 6) is 0.873. The number of piperidine rings is 1. The second-order valence-electron chi connectivity index (χ2n) is 9.52. The Morgan fingerprint density at radius 3 is 2.70 bits per heavy atom. The van der Waals surface area contributed by atoms with Crippen molar-refractivity contribution in [1.29, 1.82) is 0 Å². The van der Waals surface area contributed by atoms with Gasteiger partial charge in [-0.05, 0) is 61.2 Å². The van der Waals surface area contributed by atoms with Gasteiger partial charge in [0.05, 0.1) is 16.8 Å². The van der Waals surface area contributed by atoms with Crippen LogP contribution in [-0.4, -0.2) is 57.3 Å². The minimum absolute atomic E-state index is 0.0239.